The number of benzene rings is 3. The van der Waals surface area contributed by atoms with Gasteiger partial charge in [-0.05, 0) is 63.3 Å². The third kappa shape index (κ3) is 6.53. The Morgan fingerprint density at radius 2 is 1.56 bits per heavy atom. The summed E-state index contributed by atoms with van der Waals surface area (Å²) in [6.45, 7) is 4.71. The molecule has 0 N–H and O–H groups in total. The van der Waals surface area contributed by atoms with Crippen LogP contribution in [-0.2, 0) is 25.8 Å². The summed E-state index contributed by atoms with van der Waals surface area (Å²) in [5, 5.41) is 0.685. The molecule has 0 saturated carbocycles. The third-order valence-corrected chi connectivity index (χ3v) is 10.8. The molecule has 1 atom stereocenters. The van der Waals surface area contributed by atoms with Crippen molar-refractivity contribution in [3.63, 3.8) is 0 Å². The van der Waals surface area contributed by atoms with Gasteiger partial charge in [-0.15, -0.1) is 0 Å². The molecule has 0 aliphatic carbocycles. The van der Waals surface area contributed by atoms with Crippen LogP contribution in [0.3, 0.4) is 0 Å². The average molecular weight is 659 g/mol. The van der Waals surface area contributed by atoms with Crippen LogP contribution in [0.25, 0.3) is 0 Å². The summed E-state index contributed by atoms with van der Waals surface area (Å²) in [5.41, 5.74) is 3.89. The van der Waals surface area contributed by atoms with E-state index in [0.717, 1.165) is 11.1 Å². The van der Waals surface area contributed by atoms with E-state index >= 15 is 0 Å². The molecule has 2 aliphatic rings. The SMILES string of the molecule is CCC(=O)N1CCc2cc(Br)c(S(=O)(=O)CCC(=O)N3CCN(C(c4ccccc4)c4ccc(Cl)cc4)CC3)cc21. The maximum absolute atomic E-state index is 13.3. The predicted molar refractivity (Wildman–Crippen MR) is 165 cm³/mol. The number of hydrogen-bond donors (Lipinski definition) is 0. The predicted octanol–water partition coefficient (Wildman–Crippen LogP) is 5.50. The molecule has 0 spiro atoms. The third-order valence-electron chi connectivity index (χ3n) is 7.89. The van der Waals surface area contributed by atoms with Crippen molar-refractivity contribution in [3.8, 4) is 0 Å². The minimum absolute atomic E-state index is 0.0300. The number of anilines is 1. The van der Waals surface area contributed by atoms with Crippen LogP contribution in [0.5, 0.6) is 0 Å². The summed E-state index contributed by atoms with van der Waals surface area (Å²) < 4.78 is 27.2. The fraction of sp³-hybridized carbons (Fsp3) is 0.355. The van der Waals surface area contributed by atoms with Crippen LogP contribution in [0, 0.1) is 0 Å². The van der Waals surface area contributed by atoms with E-state index in [-0.39, 0.29) is 34.9 Å². The van der Waals surface area contributed by atoms with Gasteiger partial charge >= 0.3 is 0 Å². The molecule has 1 unspecified atom stereocenters. The van der Waals surface area contributed by atoms with Gasteiger partial charge in [0.05, 0.1) is 16.7 Å². The molecule has 3 aromatic rings. The Hall–Kier alpha value is -2.72. The average Bonchev–Trinajstić information content (AvgIpc) is 3.40. The summed E-state index contributed by atoms with van der Waals surface area (Å²) in [5.74, 6) is -0.492. The lowest BCUT2D eigenvalue weighted by Crippen LogP contribution is -2.50. The zero-order valence-corrected chi connectivity index (χ0v) is 26.1. The number of nitrogens with zero attached hydrogens (tertiary/aromatic N) is 3. The molecular formula is C31H33BrClN3O4S. The van der Waals surface area contributed by atoms with E-state index in [4.69, 9.17) is 11.6 Å². The van der Waals surface area contributed by atoms with Crippen LogP contribution >= 0.6 is 27.5 Å². The van der Waals surface area contributed by atoms with Crippen LogP contribution in [0.2, 0.25) is 5.02 Å². The number of carbonyl (C=O) groups is 2. The molecule has 216 valence electrons. The molecular weight excluding hydrogens is 626 g/mol. The number of sulfone groups is 1. The lowest BCUT2D eigenvalue weighted by atomic mass is 9.96. The summed E-state index contributed by atoms with van der Waals surface area (Å²) >= 11 is 9.56. The van der Waals surface area contributed by atoms with Gasteiger partial charge in [-0.3, -0.25) is 14.5 Å². The number of hydrogen-bond acceptors (Lipinski definition) is 5. The summed E-state index contributed by atoms with van der Waals surface area (Å²) in [6.07, 6.45) is 0.946. The van der Waals surface area contributed by atoms with Crippen molar-refractivity contribution in [3.05, 3.63) is 92.9 Å². The maximum atomic E-state index is 13.3. The maximum Gasteiger partial charge on any atom is 0.226 e. The van der Waals surface area contributed by atoms with E-state index in [1.807, 2.05) is 42.5 Å². The van der Waals surface area contributed by atoms with Crippen molar-refractivity contribution < 1.29 is 18.0 Å². The standard InChI is InChI=1S/C31H33BrClN3O4S/c1-2-29(37)36-14-12-24-20-26(32)28(21-27(24)36)41(39,40)19-13-30(38)34-15-17-35(18-16-34)31(22-6-4-3-5-7-22)23-8-10-25(33)11-9-23/h3-11,20-21,31H,2,12-19H2,1H3. The molecule has 1 fully saturated rings. The fourth-order valence-corrected chi connectivity index (χ4v) is 8.26. The first-order chi connectivity index (χ1) is 19.7. The monoisotopic (exact) mass is 657 g/mol. The number of fused-ring (bicyclic) bond motifs is 1. The van der Waals surface area contributed by atoms with Crippen molar-refractivity contribution in [1.82, 2.24) is 9.80 Å². The summed E-state index contributed by atoms with van der Waals surface area (Å²) in [6, 6.07) is 21.5. The Bertz CT molecular complexity index is 1520. The van der Waals surface area contributed by atoms with E-state index in [2.05, 4.69) is 33.0 Å². The Morgan fingerprint density at radius 1 is 0.902 bits per heavy atom. The molecule has 2 heterocycles. The highest BCUT2D eigenvalue weighted by Crippen LogP contribution is 2.36. The number of rotatable bonds is 8. The summed E-state index contributed by atoms with van der Waals surface area (Å²) in [4.78, 5) is 31.4. The normalized spacial score (nSPS) is 16.5. The molecule has 0 bridgehead atoms. The smallest absolute Gasteiger partial charge is 0.226 e. The van der Waals surface area contributed by atoms with E-state index in [9.17, 15) is 18.0 Å². The molecule has 2 amide bonds. The van der Waals surface area contributed by atoms with E-state index in [1.165, 1.54) is 5.56 Å². The Balaban J connectivity index is 1.24. The fourth-order valence-electron chi connectivity index (χ4n) is 5.69. The molecule has 1 saturated heterocycles. The highest BCUT2D eigenvalue weighted by atomic mass is 79.9. The van der Waals surface area contributed by atoms with Gasteiger partial charge in [-0.2, -0.15) is 0 Å². The van der Waals surface area contributed by atoms with Gasteiger partial charge in [0.1, 0.15) is 0 Å². The van der Waals surface area contributed by atoms with Crippen LogP contribution in [0.1, 0.15) is 42.5 Å². The van der Waals surface area contributed by atoms with Crippen molar-refractivity contribution in [2.24, 2.45) is 0 Å². The van der Waals surface area contributed by atoms with Gasteiger partial charge in [0.15, 0.2) is 9.84 Å². The quantitative estimate of drug-likeness (QED) is 0.320. The van der Waals surface area contributed by atoms with Gasteiger partial charge in [0.2, 0.25) is 11.8 Å². The minimum Gasteiger partial charge on any atom is -0.340 e. The first-order valence-electron chi connectivity index (χ1n) is 13.9. The van der Waals surface area contributed by atoms with Crippen LogP contribution in [0.4, 0.5) is 5.69 Å². The van der Waals surface area contributed by atoms with E-state index < -0.39 is 9.84 Å². The van der Waals surface area contributed by atoms with Gasteiger partial charge < -0.3 is 9.80 Å². The van der Waals surface area contributed by atoms with Gasteiger partial charge in [-0.25, -0.2) is 8.42 Å². The van der Waals surface area contributed by atoms with Crippen molar-refractivity contribution in [1.29, 1.82) is 0 Å². The lowest BCUT2D eigenvalue weighted by Gasteiger charge is -2.40. The van der Waals surface area contributed by atoms with Crippen molar-refractivity contribution in [2.45, 2.75) is 37.1 Å². The van der Waals surface area contributed by atoms with Crippen molar-refractivity contribution >= 4 is 54.9 Å². The first kappa shape index (κ1) is 29.8. The second-order valence-corrected chi connectivity index (χ2v) is 13.8. The molecule has 7 nitrogen and oxygen atoms in total. The first-order valence-corrected chi connectivity index (χ1v) is 16.7. The Morgan fingerprint density at radius 3 is 2.22 bits per heavy atom. The molecule has 41 heavy (non-hydrogen) atoms. The Labute approximate surface area is 255 Å². The highest BCUT2D eigenvalue weighted by molar-refractivity contribution is 9.10. The number of carbonyl (C=O) groups excluding carboxylic acids is 2. The second-order valence-electron chi connectivity index (χ2n) is 10.4. The molecule has 10 heteroatoms. The molecule has 2 aliphatic heterocycles. The highest BCUT2D eigenvalue weighted by Gasteiger charge is 2.31. The van der Waals surface area contributed by atoms with Crippen LogP contribution in [-0.4, -0.2) is 68.5 Å². The van der Waals surface area contributed by atoms with Gasteiger partial charge in [0.25, 0.3) is 0 Å². The molecule has 0 radical (unpaired) electrons. The summed E-state index contributed by atoms with van der Waals surface area (Å²) in [7, 11) is -3.76. The number of halogens is 2. The number of amides is 2. The zero-order chi connectivity index (χ0) is 29.1. The lowest BCUT2D eigenvalue weighted by molar-refractivity contribution is -0.132. The van der Waals surface area contributed by atoms with Crippen LogP contribution < -0.4 is 4.90 Å². The topological polar surface area (TPSA) is 78.0 Å². The van der Waals surface area contributed by atoms with E-state index in [0.29, 0.717) is 60.7 Å². The second kappa shape index (κ2) is 12.7. The molecule has 5 rings (SSSR count). The molecule has 0 aromatic heterocycles. The number of piperazine rings is 1. The van der Waals surface area contributed by atoms with Gasteiger partial charge in [-0.1, -0.05) is 61.0 Å². The zero-order valence-electron chi connectivity index (χ0n) is 22.9. The van der Waals surface area contributed by atoms with E-state index in [1.54, 1.807) is 28.9 Å². The minimum atomic E-state index is -3.76. The van der Waals surface area contributed by atoms with Crippen LogP contribution in [0.15, 0.2) is 76.1 Å². The molecule has 3 aromatic carbocycles. The Kier molecular flexibility index (Phi) is 9.18. The van der Waals surface area contributed by atoms with Gasteiger partial charge in [0, 0.05) is 60.7 Å². The largest absolute Gasteiger partial charge is 0.340 e. The van der Waals surface area contributed by atoms with Crippen molar-refractivity contribution in [2.75, 3.05) is 43.4 Å².